The minimum atomic E-state index is -2.00. The molecule has 2 rings (SSSR count). The van der Waals surface area contributed by atoms with Crippen molar-refractivity contribution in [2.45, 2.75) is 45.0 Å². The molecule has 0 aromatic heterocycles. The van der Waals surface area contributed by atoms with Crippen molar-refractivity contribution < 1.29 is 9.53 Å². The Morgan fingerprint density at radius 2 is 1.48 bits per heavy atom. The van der Waals surface area contributed by atoms with Gasteiger partial charge in [-0.25, -0.2) is 0 Å². The molecule has 2 aromatic carbocycles. The molecule has 122 valence electrons. The first-order valence-corrected chi connectivity index (χ1v) is 11.3. The summed E-state index contributed by atoms with van der Waals surface area (Å²) in [5.41, 5.74) is 1.10. The van der Waals surface area contributed by atoms with E-state index in [0.29, 0.717) is 0 Å². The molecule has 0 heterocycles. The third-order valence-electron chi connectivity index (χ3n) is 4.31. The van der Waals surface area contributed by atoms with Crippen molar-refractivity contribution in [3.8, 4) is 0 Å². The third kappa shape index (κ3) is 4.55. The Bertz CT molecular complexity index is 621. The predicted octanol–water partition coefficient (Wildman–Crippen LogP) is 4.17. The second kappa shape index (κ2) is 7.60. The van der Waals surface area contributed by atoms with E-state index in [4.69, 9.17) is 4.74 Å². The highest BCUT2D eigenvalue weighted by Crippen LogP contribution is 2.28. The van der Waals surface area contributed by atoms with Crippen LogP contribution in [0.4, 0.5) is 0 Å². The lowest BCUT2D eigenvalue weighted by atomic mass is 10.1. The van der Waals surface area contributed by atoms with Crippen molar-refractivity contribution in [3.63, 3.8) is 0 Å². The van der Waals surface area contributed by atoms with Crippen LogP contribution in [0.25, 0.3) is 0 Å². The van der Waals surface area contributed by atoms with E-state index in [9.17, 15) is 4.79 Å². The zero-order chi connectivity index (χ0) is 16.9. The molecule has 1 atom stereocenters. The average Bonchev–Trinajstić information content (AvgIpc) is 2.53. The van der Waals surface area contributed by atoms with Gasteiger partial charge in [0.2, 0.25) is 0 Å². The quantitative estimate of drug-likeness (QED) is 0.588. The zero-order valence-electron chi connectivity index (χ0n) is 14.5. The number of hydrogen-bond donors (Lipinski definition) is 0. The van der Waals surface area contributed by atoms with Crippen molar-refractivity contribution >= 4 is 19.2 Å². The molecule has 0 N–H and O–H groups in total. The highest BCUT2D eigenvalue weighted by molar-refractivity contribution is 6.93. The Morgan fingerprint density at radius 1 is 0.957 bits per heavy atom. The van der Waals surface area contributed by atoms with Crippen LogP contribution >= 0.6 is 0 Å². The fraction of sp³-hybridized carbons (Fsp3) is 0.350. The number of ether oxygens (including phenoxy) is 1. The average molecular weight is 327 g/mol. The van der Waals surface area contributed by atoms with Crippen LogP contribution < -0.4 is 5.19 Å². The molecule has 0 saturated carbocycles. The largest absolute Gasteiger partial charge is 0.463 e. The summed E-state index contributed by atoms with van der Waals surface area (Å²) in [5.74, 6) is -0.0654. The van der Waals surface area contributed by atoms with Crippen LogP contribution in [0.15, 0.2) is 60.7 Å². The molecule has 1 unspecified atom stereocenters. The van der Waals surface area contributed by atoms with E-state index in [1.807, 2.05) is 38.1 Å². The van der Waals surface area contributed by atoms with Crippen LogP contribution in [-0.2, 0) is 16.0 Å². The van der Waals surface area contributed by atoms with Crippen LogP contribution in [0, 0.1) is 0 Å². The molecule has 0 bridgehead atoms. The van der Waals surface area contributed by atoms with Gasteiger partial charge in [-0.1, -0.05) is 78.9 Å². The highest BCUT2D eigenvalue weighted by atomic mass is 28.3. The van der Waals surface area contributed by atoms with Crippen molar-refractivity contribution in [2.75, 3.05) is 0 Å². The molecule has 0 aliphatic rings. The Hall–Kier alpha value is -1.87. The monoisotopic (exact) mass is 326 g/mol. The lowest BCUT2D eigenvalue weighted by Crippen LogP contribution is -2.50. The highest BCUT2D eigenvalue weighted by Gasteiger charge is 2.40. The molecule has 0 saturated heterocycles. The van der Waals surface area contributed by atoms with Gasteiger partial charge in [0.15, 0.2) is 0 Å². The molecule has 0 aliphatic carbocycles. The number of benzene rings is 2. The Balaban J connectivity index is 2.34. The van der Waals surface area contributed by atoms with Crippen LogP contribution in [0.1, 0.15) is 19.4 Å². The van der Waals surface area contributed by atoms with Gasteiger partial charge in [-0.2, -0.15) is 0 Å². The van der Waals surface area contributed by atoms with Gasteiger partial charge in [0.25, 0.3) is 0 Å². The van der Waals surface area contributed by atoms with E-state index in [2.05, 4.69) is 49.5 Å². The number of carbonyl (C=O) groups is 1. The van der Waals surface area contributed by atoms with Crippen LogP contribution in [0.3, 0.4) is 0 Å². The van der Waals surface area contributed by atoms with Crippen molar-refractivity contribution in [1.29, 1.82) is 0 Å². The Labute approximate surface area is 140 Å². The molecule has 2 nitrogen and oxygen atoms in total. The standard InChI is InChI=1S/C20H26O2Si/c1-16(2)22-20(21)19(15-17-11-7-5-8-12-17)23(3,4)18-13-9-6-10-14-18/h5-14,16,19H,15H2,1-4H3. The second-order valence-electron chi connectivity index (χ2n) is 6.82. The lowest BCUT2D eigenvalue weighted by Gasteiger charge is -2.32. The lowest BCUT2D eigenvalue weighted by molar-refractivity contribution is -0.147. The molecule has 0 aliphatic heterocycles. The Kier molecular flexibility index (Phi) is 5.78. The number of hydrogen-bond acceptors (Lipinski definition) is 2. The van der Waals surface area contributed by atoms with Gasteiger partial charge in [0.1, 0.15) is 0 Å². The first-order chi connectivity index (χ1) is 10.9. The molecular weight excluding hydrogens is 300 g/mol. The molecular formula is C20H26O2Si. The summed E-state index contributed by atoms with van der Waals surface area (Å²) in [6, 6.07) is 20.6. The normalized spacial score (nSPS) is 12.9. The number of carbonyl (C=O) groups excluding carboxylic acids is 1. The topological polar surface area (TPSA) is 26.3 Å². The fourth-order valence-electron chi connectivity index (χ4n) is 2.87. The van der Waals surface area contributed by atoms with Crippen molar-refractivity contribution in [1.82, 2.24) is 0 Å². The van der Waals surface area contributed by atoms with E-state index < -0.39 is 8.07 Å². The van der Waals surface area contributed by atoms with Gasteiger partial charge in [0.05, 0.1) is 19.7 Å². The van der Waals surface area contributed by atoms with E-state index in [1.165, 1.54) is 10.8 Å². The molecule has 3 heteroatoms. The smallest absolute Gasteiger partial charge is 0.307 e. The molecule has 23 heavy (non-hydrogen) atoms. The second-order valence-corrected chi connectivity index (χ2v) is 11.5. The fourth-order valence-corrected chi connectivity index (χ4v) is 5.72. The summed E-state index contributed by atoms with van der Waals surface area (Å²) >= 11 is 0. The molecule has 0 radical (unpaired) electrons. The summed E-state index contributed by atoms with van der Waals surface area (Å²) in [4.78, 5) is 12.8. The molecule has 0 amide bonds. The minimum Gasteiger partial charge on any atom is -0.463 e. The van der Waals surface area contributed by atoms with Gasteiger partial charge in [-0.3, -0.25) is 4.79 Å². The first kappa shape index (κ1) is 17.5. The Morgan fingerprint density at radius 3 is 2.00 bits per heavy atom. The van der Waals surface area contributed by atoms with Crippen LogP contribution in [0.5, 0.6) is 0 Å². The summed E-state index contributed by atoms with van der Waals surface area (Å²) in [7, 11) is -2.00. The zero-order valence-corrected chi connectivity index (χ0v) is 15.5. The maximum absolute atomic E-state index is 12.8. The first-order valence-electron chi connectivity index (χ1n) is 8.21. The molecule has 2 aromatic rings. The van der Waals surface area contributed by atoms with Gasteiger partial charge in [-0.05, 0) is 25.8 Å². The molecule has 0 spiro atoms. The van der Waals surface area contributed by atoms with E-state index >= 15 is 0 Å². The third-order valence-corrected chi connectivity index (χ3v) is 8.31. The maximum Gasteiger partial charge on any atom is 0.307 e. The predicted molar refractivity (Wildman–Crippen MR) is 98.7 cm³/mol. The summed E-state index contributed by atoms with van der Waals surface area (Å²) in [5, 5.41) is 1.29. The van der Waals surface area contributed by atoms with Gasteiger partial charge in [0, 0.05) is 0 Å². The minimum absolute atomic E-state index is 0.0654. The van der Waals surface area contributed by atoms with Gasteiger partial charge in [-0.15, -0.1) is 0 Å². The van der Waals surface area contributed by atoms with Crippen LogP contribution in [-0.4, -0.2) is 20.1 Å². The SMILES string of the molecule is CC(C)OC(=O)C(Cc1ccccc1)[Si](C)(C)c1ccccc1. The summed E-state index contributed by atoms with van der Waals surface area (Å²) < 4.78 is 5.59. The van der Waals surface area contributed by atoms with Crippen molar-refractivity contribution in [3.05, 3.63) is 66.2 Å². The summed E-state index contributed by atoms with van der Waals surface area (Å²) in [6.45, 7) is 8.35. The number of esters is 1. The van der Waals surface area contributed by atoms with Crippen molar-refractivity contribution in [2.24, 2.45) is 0 Å². The number of rotatable bonds is 6. The van der Waals surface area contributed by atoms with Gasteiger partial charge >= 0.3 is 5.97 Å². The van der Waals surface area contributed by atoms with E-state index in [1.54, 1.807) is 0 Å². The van der Waals surface area contributed by atoms with E-state index in [0.717, 1.165) is 6.42 Å². The summed E-state index contributed by atoms with van der Waals surface area (Å²) in [6.07, 6.45) is 0.655. The maximum atomic E-state index is 12.8. The molecule has 0 fully saturated rings. The van der Waals surface area contributed by atoms with Crippen LogP contribution in [0.2, 0.25) is 18.6 Å². The van der Waals surface area contributed by atoms with Gasteiger partial charge < -0.3 is 4.74 Å². The van der Waals surface area contributed by atoms with E-state index in [-0.39, 0.29) is 17.6 Å².